The Morgan fingerprint density at radius 2 is 1.71 bits per heavy atom. The molecule has 0 unspecified atom stereocenters. The van der Waals surface area contributed by atoms with Gasteiger partial charge in [-0.05, 0) is 106 Å². The topological polar surface area (TPSA) is 63.7 Å². The third kappa shape index (κ3) is 3.83. The molecule has 2 saturated carbocycles. The van der Waals surface area contributed by atoms with Gasteiger partial charge < -0.3 is 9.64 Å². The molecule has 0 N–H and O–H groups in total. The van der Waals surface area contributed by atoms with Crippen molar-refractivity contribution in [3.05, 3.63) is 52.6 Å². The molecule has 0 aliphatic heterocycles. The Hall–Kier alpha value is -2.69. The number of carbonyl (C=O) groups excluding carboxylic acids is 3. The van der Waals surface area contributed by atoms with E-state index < -0.39 is 11.0 Å². The monoisotopic (exact) mass is 517 g/mol. The third-order valence-corrected chi connectivity index (χ3v) is 10.8. The van der Waals surface area contributed by atoms with Gasteiger partial charge in [0.1, 0.15) is 0 Å². The molecule has 0 aromatic heterocycles. The zero-order valence-corrected chi connectivity index (χ0v) is 24.1. The third-order valence-electron chi connectivity index (χ3n) is 10.8. The van der Waals surface area contributed by atoms with E-state index in [-0.39, 0.29) is 34.8 Å². The number of rotatable bonds is 5. The van der Waals surface area contributed by atoms with E-state index in [2.05, 4.69) is 63.9 Å². The first-order valence-corrected chi connectivity index (χ1v) is 14.3. The molecule has 204 valence electrons. The molecule has 5 rings (SSSR count). The zero-order valence-electron chi connectivity index (χ0n) is 24.1. The second-order valence-electron chi connectivity index (χ2n) is 13.0. The highest BCUT2D eigenvalue weighted by molar-refractivity contribution is 5.93. The number of Topliss-reactive ketones (excluding diaryl/α,β-unsaturated/α-hetero) is 1. The molecule has 4 aliphatic rings. The Morgan fingerprint density at radius 3 is 2.32 bits per heavy atom. The second kappa shape index (κ2) is 9.20. The smallest absolute Gasteiger partial charge is 0.303 e. The van der Waals surface area contributed by atoms with Crippen LogP contribution in [-0.4, -0.2) is 36.2 Å². The minimum absolute atomic E-state index is 0.0373. The predicted molar refractivity (Wildman–Crippen MR) is 150 cm³/mol. The van der Waals surface area contributed by atoms with Gasteiger partial charge in [-0.3, -0.25) is 14.4 Å². The molecule has 38 heavy (non-hydrogen) atoms. The van der Waals surface area contributed by atoms with Gasteiger partial charge in [-0.15, -0.1) is 0 Å². The van der Waals surface area contributed by atoms with Gasteiger partial charge in [0, 0.05) is 43.5 Å². The van der Waals surface area contributed by atoms with E-state index in [0.29, 0.717) is 18.9 Å². The van der Waals surface area contributed by atoms with Crippen molar-refractivity contribution in [2.75, 3.05) is 11.9 Å². The number of fused-ring (bicyclic) bond motifs is 4. The first kappa shape index (κ1) is 26.9. The predicted octanol–water partition coefficient (Wildman–Crippen LogP) is 6.71. The summed E-state index contributed by atoms with van der Waals surface area (Å²) in [5.41, 5.74) is 4.77. The van der Waals surface area contributed by atoms with Gasteiger partial charge in [-0.25, -0.2) is 0 Å². The summed E-state index contributed by atoms with van der Waals surface area (Å²) in [4.78, 5) is 40.4. The lowest BCUT2D eigenvalue weighted by Gasteiger charge is -2.59. The van der Waals surface area contributed by atoms with Crippen LogP contribution in [0.25, 0.3) is 0 Å². The fraction of sp³-hybridized carbons (Fsp3) is 0.606. The summed E-state index contributed by atoms with van der Waals surface area (Å²) < 4.78 is 6.07. The number of allylic oxidation sites excluding steroid dienone is 4. The molecule has 4 aliphatic carbocycles. The van der Waals surface area contributed by atoms with E-state index in [4.69, 9.17) is 4.74 Å². The average molecular weight is 518 g/mol. The Kier molecular flexibility index (Phi) is 6.52. The highest BCUT2D eigenvalue weighted by Gasteiger charge is 2.70. The van der Waals surface area contributed by atoms with Crippen LogP contribution in [0.1, 0.15) is 98.0 Å². The van der Waals surface area contributed by atoms with Crippen LogP contribution in [0, 0.1) is 16.7 Å². The molecule has 0 radical (unpaired) electrons. The molecule has 0 bridgehead atoms. The number of esters is 1. The molecule has 5 nitrogen and oxygen atoms in total. The van der Waals surface area contributed by atoms with E-state index in [9.17, 15) is 14.4 Å². The fourth-order valence-electron chi connectivity index (χ4n) is 8.81. The van der Waals surface area contributed by atoms with Crippen LogP contribution in [0.15, 0.2) is 47.1 Å². The summed E-state index contributed by atoms with van der Waals surface area (Å²) in [5.74, 6) is 0.136. The SMILES string of the molecule is CC(=O)O[C@]1(C(C)=O)CC[C@@H]2[C@]1(C)C[C@H](c1ccc(N(C)C(C)C)cc1)C1=C3CCC(=O)C=C3CC[C@]12C. The summed E-state index contributed by atoms with van der Waals surface area (Å²) in [6.45, 7) is 12.0. The van der Waals surface area contributed by atoms with Crippen molar-refractivity contribution < 1.29 is 19.1 Å². The molecule has 0 saturated heterocycles. The number of hydrogen-bond donors (Lipinski definition) is 0. The van der Waals surface area contributed by atoms with Gasteiger partial charge in [-0.2, -0.15) is 0 Å². The largest absolute Gasteiger partial charge is 0.451 e. The van der Waals surface area contributed by atoms with Gasteiger partial charge in [0.05, 0.1) is 0 Å². The zero-order chi connectivity index (χ0) is 27.6. The van der Waals surface area contributed by atoms with Crippen LogP contribution in [0.2, 0.25) is 0 Å². The van der Waals surface area contributed by atoms with Crippen molar-refractivity contribution in [2.45, 2.75) is 104 Å². The maximum Gasteiger partial charge on any atom is 0.303 e. The molecule has 0 amide bonds. The maximum absolute atomic E-state index is 13.4. The number of hydrogen-bond acceptors (Lipinski definition) is 5. The van der Waals surface area contributed by atoms with Crippen LogP contribution >= 0.6 is 0 Å². The standard InChI is InChI=1S/C33H43NO4/c1-20(2)34(7)25-10-8-23(9-11-25)28-19-32(6)29(15-17-33(32,21(3)35)38-22(4)36)31(5)16-14-24-18-26(37)12-13-27(24)30(28)31/h8-11,18,20,28-29H,12-17,19H2,1-7H3/t28-,29+,31+,32+,33+/m1/s1. The van der Waals surface area contributed by atoms with Crippen molar-refractivity contribution in [3.63, 3.8) is 0 Å². The Bertz CT molecular complexity index is 1240. The summed E-state index contributed by atoms with van der Waals surface area (Å²) in [7, 11) is 2.11. The number of ether oxygens (including phenoxy) is 1. The quantitative estimate of drug-likeness (QED) is 0.406. The van der Waals surface area contributed by atoms with Gasteiger partial charge in [-0.1, -0.05) is 31.6 Å². The van der Waals surface area contributed by atoms with Crippen molar-refractivity contribution in [1.82, 2.24) is 0 Å². The summed E-state index contributed by atoms with van der Waals surface area (Å²) >= 11 is 0. The van der Waals surface area contributed by atoms with Crippen molar-refractivity contribution in [3.8, 4) is 0 Å². The second-order valence-corrected chi connectivity index (χ2v) is 13.0. The van der Waals surface area contributed by atoms with Gasteiger partial charge in [0.15, 0.2) is 17.2 Å². The molecule has 5 atom stereocenters. The van der Waals surface area contributed by atoms with Crippen molar-refractivity contribution >= 4 is 23.2 Å². The molecule has 1 aromatic rings. The van der Waals surface area contributed by atoms with E-state index in [1.807, 2.05) is 6.08 Å². The Labute approximate surface area is 227 Å². The number of carbonyl (C=O) groups is 3. The van der Waals surface area contributed by atoms with Crippen LogP contribution in [0.4, 0.5) is 5.69 Å². The minimum atomic E-state index is -1.10. The van der Waals surface area contributed by atoms with Gasteiger partial charge in [0.2, 0.25) is 0 Å². The molecular weight excluding hydrogens is 474 g/mol. The Balaban J connectivity index is 1.70. The molecular formula is C33H43NO4. The maximum atomic E-state index is 13.4. The fourth-order valence-corrected chi connectivity index (χ4v) is 8.81. The molecule has 1 aromatic carbocycles. The molecule has 5 heteroatoms. The summed E-state index contributed by atoms with van der Waals surface area (Å²) in [6, 6.07) is 9.30. The van der Waals surface area contributed by atoms with Crippen LogP contribution in [0.5, 0.6) is 0 Å². The lowest BCUT2D eigenvalue weighted by atomic mass is 9.45. The number of anilines is 1. The van der Waals surface area contributed by atoms with E-state index in [0.717, 1.165) is 32.1 Å². The molecule has 2 fully saturated rings. The van der Waals surface area contributed by atoms with Gasteiger partial charge in [0.25, 0.3) is 0 Å². The van der Waals surface area contributed by atoms with Crippen LogP contribution in [-0.2, 0) is 19.1 Å². The van der Waals surface area contributed by atoms with Crippen LogP contribution in [0.3, 0.4) is 0 Å². The highest BCUT2D eigenvalue weighted by Crippen LogP contribution is 2.72. The summed E-state index contributed by atoms with van der Waals surface area (Å²) in [5, 5.41) is 0. The van der Waals surface area contributed by atoms with E-state index >= 15 is 0 Å². The molecule has 0 heterocycles. The minimum Gasteiger partial charge on any atom is -0.451 e. The highest BCUT2D eigenvalue weighted by atomic mass is 16.6. The van der Waals surface area contributed by atoms with E-state index in [1.54, 1.807) is 6.92 Å². The number of nitrogens with zero attached hydrogens (tertiary/aromatic N) is 1. The number of benzene rings is 1. The normalized spacial score (nSPS) is 34.3. The first-order valence-electron chi connectivity index (χ1n) is 14.3. The molecule has 0 spiro atoms. The lowest BCUT2D eigenvalue weighted by molar-refractivity contribution is -0.184. The average Bonchev–Trinajstić information content (AvgIpc) is 3.16. The van der Waals surface area contributed by atoms with E-state index in [1.165, 1.54) is 34.9 Å². The van der Waals surface area contributed by atoms with Crippen LogP contribution < -0.4 is 4.90 Å². The van der Waals surface area contributed by atoms with Crippen molar-refractivity contribution in [2.24, 2.45) is 16.7 Å². The Morgan fingerprint density at radius 1 is 1.03 bits per heavy atom. The number of ketones is 2. The first-order chi connectivity index (χ1) is 17.8. The lowest BCUT2D eigenvalue weighted by Crippen LogP contribution is -2.59. The van der Waals surface area contributed by atoms with Crippen molar-refractivity contribution in [1.29, 1.82) is 0 Å². The van der Waals surface area contributed by atoms with Gasteiger partial charge >= 0.3 is 5.97 Å². The summed E-state index contributed by atoms with van der Waals surface area (Å²) in [6.07, 6.45) is 7.28.